The highest BCUT2D eigenvalue weighted by atomic mass is 16.3. The zero-order chi connectivity index (χ0) is 11.7. The van der Waals surface area contributed by atoms with Crippen molar-refractivity contribution >= 4 is 11.5 Å². The average Bonchev–Trinajstić information content (AvgIpc) is 2.57. The molecule has 0 heterocycles. The van der Waals surface area contributed by atoms with E-state index in [0.717, 1.165) is 0 Å². The maximum absolute atomic E-state index is 11.8. The maximum Gasteiger partial charge on any atom is 0.191 e. The molecule has 0 unspecified atom stereocenters. The summed E-state index contributed by atoms with van der Waals surface area (Å²) in [4.78, 5) is 11.8. The van der Waals surface area contributed by atoms with Gasteiger partial charge in [0.2, 0.25) is 0 Å². The standard InChI is InChI=1S/C12H6N2O2/c13-5-7(6-14)10-11(15)8-3-1-2-4-9(8)12(10)16/h1-4,7,15H/p-1. The molecule has 16 heavy (non-hydrogen) atoms. The molecule has 0 saturated heterocycles. The number of Topliss-reactive ketones (excluding diaryl/α,β-unsaturated/α-hetero) is 1. The fraction of sp³-hybridized carbons (Fsp3) is 0.0833. The number of fused-ring (bicyclic) bond motifs is 1. The Hall–Kier alpha value is -2.59. The highest BCUT2D eigenvalue weighted by molar-refractivity contribution is 6.20. The van der Waals surface area contributed by atoms with E-state index in [-0.39, 0.29) is 16.7 Å². The van der Waals surface area contributed by atoms with Gasteiger partial charge in [0.15, 0.2) is 11.7 Å². The van der Waals surface area contributed by atoms with Gasteiger partial charge in [-0.3, -0.25) is 4.79 Å². The van der Waals surface area contributed by atoms with Crippen LogP contribution in [0.25, 0.3) is 5.76 Å². The summed E-state index contributed by atoms with van der Waals surface area (Å²) in [5, 5.41) is 29.2. The number of nitriles is 2. The van der Waals surface area contributed by atoms with Crippen molar-refractivity contribution in [2.24, 2.45) is 5.92 Å². The molecule has 1 aromatic carbocycles. The molecular formula is C12H5N2O2-. The molecule has 0 saturated carbocycles. The predicted molar refractivity (Wildman–Crippen MR) is 52.4 cm³/mol. The lowest BCUT2D eigenvalue weighted by atomic mass is 9.99. The van der Waals surface area contributed by atoms with E-state index in [9.17, 15) is 9.90 Å². The van der Waals surface area contributed by atoms with Crippen LogP contribution in [0.2, 0.25) is 0 Å². The van der Waals surface area contributed by atoms with Crippen molar-refractivity contribution in [1.29, 1.82) is 10.5 Å². The van der Waals surface area contributed by atoms with Gasteiger partial charge in [-0.05, 0) is 5.56 Å². The molecule has 0 bridgehead atoms. The Kier molecular flexibility index (Phi) is 2.19. The quantitative estimate of drug-likeness (QED) is 0.678. The van der Waals surface area contributed by atoms with Gasteiger partial charge in [-0.25, -0.2) is 0 Å². The Morgan fingerprint density at radius 3 is 2.19 bits per heavy atom. The first-order valence-corrected chi connectivity index (χ1v) is 4.55. The van der Waals surface area contributed by atoms with Gasteiger partial charge in [-0.15, -0.1) is 0 Å². The van der Waals surface area contributed by atoms with E-state index in [1.165, 1.54) is 12.1 Å². The largest absolute Gasteiger partial charge is 0.872 e. The summed E-state index contributed by atoms with van der Waals surface area (Å²) in [6.45, 7) is 0. The molecule has 1 aliphatic rings. The first-order chi connectivity index (χ1) is 7.70. The summed E-state index contributed by atoms with van der Waals surface area (Å²) in [6, 6.07) is 9.62. The minimum Gasteiger partial charge on any atom is -0.872 e. The van der Waals surface area contributed by atoms with Gasteiger partial charge in [0, 0.05) is 11.1 Å². The minimum atomic E-state index is -1.28. The average molecular weight is 209 g/mol. The third-order valence-electron chi connectivity index (χ3n) is 2.45. The molecule has 1 aliphatic carbocycles. The topological polar surface area (TPSA) is 87.7 Å². The fourth-order valence-corrected chi connectivity index (χ4v) is 1.69. The van der Waals surface area contributed by atoms with Gasteiger partial charge in [-0.1, -0.05) is 30.0 Å². The zero-order valence-electron chi connectivity index (χ0n) is 8.10. The lowest BCUT2D eigenvalue weighted by Gasteiger charge is -2.10. The summed E-state index contributed by atoms with van der Waals surface area (Å²) < 4.78 is 0. The molecule has 76 valence electrons. The van der Waals surface area contributed by atoms with Crippen LogP contribution in [0.4, 0.5) is 0 Å². The monoisotopic (exact) mass is 209 g/mol. The number of nitrogens with zero attached hydrogens (tertiary/aromatic N) is 2. The summed E-state index contributed by atoms with van der Waals surface area (Å²) in [5.41, 5.74) is 0.321. The number of allylic oxidation sites excluding steroid dienone is 1. The van der Waals surface area contributed by atoms with E-state index in [1.54, 1.807) is 24.3 Å². The van der Waals surface area contributed by atoms with Crippen LogP contribution in [0.5, 0.6) is 0 Å². The van der Waals surface area contributed by atoms with Crippen molar-refractivity contribution in [2.75, 3.05) is 0 Å². The summed E-state index contributed by atoms with van der Waals surface area (Å²) in [7, 11) is 0. The van der Waals surface area contributed by atoms with Crippen molar-refractivity contribution in [3.05, 3.63) is 41.0 Å². The Labute approximate surface area is 91.7 Å². The van der Waals surface area contributed by atoms with Crippen LogP contribution >= 0.6 is 0 Å². The van der Waals surface area contributed by atoms with Gasteiger partial charge in [0.25, 0.3) is 0 Å². The smallest absolute Gasteiger partial charge is 0.191 e. The Morgan fingerprint density at radius 1 is 1.12 bits per heavy atom. The molecule has 0 amide bonds. The van der Waals surface area contributed by atoms with Crippen molar-refractivity contribution < 1.29 is 9.90 Å². The number of hydrogen-bond acceptors (Lipinski definition) is 4. The zero-order valence-corrected chi connectivity index (χ0v) is 8.10. The van der Waals surface area contributed by atoms with Crippen LogP contribution in [0.15, 0.2) is 29.8 Å². The predicted octanol–water partition coefficient (Wildman–Crippen LogP) is 0.618. The number of rotatable bonds is 1. The van der Waals surface area contributed by atoms with Crippen LogP contribution in [0.1, 0.15) is 15.9 Å². The van der Waals surface area contributed by atoms with E-state index in [4.69, 9.17) is 10.5 Å². The highest BCUT2D eigenvalue weighted by Gasteiger charge is 2.29. The molecule has 0 radical (unpaired) electrons. The second kappa shape index (κ2) is 3.52. The van der Waals surface area contributed by atoms with E-state index >= 15 is 0 Å². The fourth-order valence-electron chi connectivity index (χ4n) is 1.69. The van der Waals surface area contributed by atoms with E-state index < -0.39 is 17.5 Å². The van der Waals surface area contributed by atoms with Crippen LogP contribution < -0.4 is 5.11 Å². The Balaban J connectivity index is 2.62. The van der Waals surface area contributed by atoms with Gasteiger partial charge < -0.3 is 5.11 Å². The van der Waals surface area contributed by atoms with Crippen LogP contribution in [-0.2, 0) is 0 Å². The molecule has 0 atom stereocenters. The summed E-state index contributed by atoms with van der Waals surface area (Å²) >= 11 is 0. The van der Waals surface area contributed by atoms with Gasteiger partial charge in [0.1, 0.15) is 0 Å². The third kappa shape index (κ3) is 1.18. The number of hydrogen-bond donors (Lipinski definition) is 0. The first-order valence-electron chi connectivity index (χ1n) is 4.55. The van der Waals surface area contributed by atoms with Gasteiger partial charge >= 0.3 is 0 Å². The molecular weight excluding hydrogens is 204 g/mol. The molecule has 0 aliphatic heterocycles. The first kappa shape index (κ1) is 9.95. The molecule has 4 heteroatoms. The maximum atomic E-state index is 11.8. The minimum absolute atomic E-state index is 0.230. The molecule has 0 N–H and O–H groups in total. The Bertz CT molecular complexity index is 574. The van der Waals surface area contributed by atoms with Crippen LogP contribution in [-0.4, -0.2) is 5.78 Å². The lowest BCUT2D eigenvalue weighted by molar-refractivity contribution is -0.244. The molecule has 0 spiro atoms. The van der Waals surface area contributed by atoms with E-state index in [1.807, 2.05) is 0 Å². The molecule has 0 aromatic heterocycles. The summed E-state index contributed by atoms with van der Waals surface area (Å²) in [6.07, 6.45) is 0. The Morgan fingerprint density at radius 2 is 1.69 bits per heavy atom. The van der Waals surface area contributed by atoms with E-state index in [2.05, 4.69) is 0 Å². The lowest BCUT2D eigenvalue weighted by Crippen LogP contribution is -2.11. The number of carbonyl (C=O) groups is 1. The van der Waals surface area contributed by atoms with Crippen LogP contribution in [0, 0.1) is 28.6 Å². The van der Waals surface area contributed by atoms with Gasteiger partial charge in [0.05, 0.1) is 12.1 Å². The number of ketones is 1. The second-order valence-electron chi connectivity index (χ2n) is 3.31. The molecule has 4 nitrogen and oxygen atoms in total. The van der Waals surface area contributed by atoms with E-state index in [0.29, 0.717) is 0 Å². The van der Waals surface area contributed by atoms with Crippen LogP contribution in [0.3, 0.4) is 0 Å². The van der Waals surface area contributed by atoms with Crippen molar-refractivity contribution in [1.82, 2.24) is 0 Å². The number of carbonyl (C=O) groups excluding carboxylic acids is 1. The third-order valence-corrected chi connectivity index (χ3v) is 2.45. The normalized spacial score (nSPS) is 13.6. The van der Waals surface area contributed by atoms with Crippen molar-refractivity contribution in [2.45, 2.75) is 0 Å². The summed E-state index contributed by atoms with van der Waals surface area (Å²) in [5.74, 6) is -2.30. The molecule has 0 fully saturated rings. The van der Waals surface area contributed by atoms with Crippen molar-refractivity contribution in [3.63, 3.8) is 0 Å². The molecule has 2 rings (SSSR count). The molecule has 1 aromatic rings. The number of benzene rings is 1. The highest BCUT2D eigenvalue weighted by Crippen LogP contribution is 2.32. The van der Waals surface area contributed by atoms with Gasteiger partial charge in [-0.2, -0.15) is 10.5 Å². The second-order valence-corrected chi connectivity index (χ2v) is 3.31. The SMILES string of the molecule is N#CC(C#N)C1=C([O-])c2ccccc2C1=O. The van der Waals surface area contributed by atoms with Crippen molar-refractivity contribution in [3.8, 4) is 12.1 Å².